The van der Waals surface area contributed by atoms with Crippen LogP contribution < -0.4 is 5.32 Å². The second-order valence-corrected chi connectivity index (χ2v) is 7.80. The third-order valence-corrected chi connectivity index (χ3v) is 5.95. The number of carbonyl (C=O) groups is 1. The molecular weight excluding hydrogens is 433 g/mol. The molecule has 11 heteroatoms. The van der Waals surface area contributed by atoms with Crippen molar-refractivity contribution < 1.29 is 31.8 Å². The number of rotatable bonds is 5. The molecule has 2 N–H and O–H groups in total. The summed E-state index contributed by atoms with van der Waals surface area (Å²) in [6.07, 6.45) is -5.67. The minimum absolute atomic E-state index is 0.00512. The van der Waals surface area contributed by atoms with Gasteiger partial charge in [-0.15, -0.1) is 0 Å². The summed E-state index contributed by atoms with van der Waals surface area (Å²) in [5.41, 5.74) is -5.06. The van der Waals surface area contributed by atoms with Crippen LogP contribution in [0.1, 0.15) is 18.1 Å². The minimum Gasteiger partial charge on any atom is -0.772 e. The summed E-state index contributed by atoms with van der Waals surface area (Å²) >= 11 is 2.22. The predicted molar refractivity (Wildman–Crippen MR) is 98.5 cm³/mol. The number of hydrogen-bond acceptors (Lipinski definition) is 5. The van der Waals surface area contributed by atoms with Gasteiger partial charge in [0.25, 0.3) is 11.5 Å². The minimum atomic E-state index is -5.67. The summed E-state index contributed by atoms with van der Waals surface area (Å²) < 4.78 is 62.6. The smallest absolute Gasteiger partial charge is 0.428 e. The van der Waals surface area contributed by atoms with Crippen molar-refractivity contribution in [1.82, 2.24) is 0 Å². The van der Waals surface area contributed by atoms with Crippen LogP contribution in [0.4, 0.5) is 18.9 Å². The number of hydrogen-bond donors (Lipinski definition) is 2. The Morgan fingerprint density at radius 1 is 1.24 bits per heavy atom. The first-order valence-corrected chi connectivity index (χ1v) is 9.30. The van der Waals surface area contributed by atoms with E-state index in [1.807, 2.05) is 5.32 Å². The second-order valence-electron chi connectivity index (χ2n) is 6.10. The van der Waals surface area contributed by atoms with E-state index in [0.717, 1.165) is 30.3 Å². The fourth-order valence-corrected chi connectivity index (χ4v) is 3.70. The van der Waals surface area contributed by atoms with Crippen LogP contribution in [0.3, 0.4) is 0 Å². The van der Waals surface area contributed by atoms with Gasteiger partial charge in [0.05, 0.1) is 10.6 Å². The topological polar surface area (TPSA) is 113 Å². The molecule has 2 aromatic rings. The van der Waals surface area contributed by atoms with Crippen LogP contribution in [0, 0.1) is 11.3 Å². The lowest BCUT2D eigenvalue weighted by Crippen LogP contribution is -2.67. The van der Waals surface area contributed by atoms with Crippen molar-refractivity contribution in [2.45, 2.75) is 23.4 Å². The molecule has 2 rings (SSSR count). The van der Waals surface area contributed by atoms with Crippen LogP contribution >= 0.6 is 11.6 Å². The first-order valence-electron chi connectivity index (χ1n) is 7.84. The van der Waals surface area contributed by atoms with Gasteiger partial charge < -0.3 is 15.0 Å². The van der Waals surface area contributed by atoms with Gasteiger partial charge in [0.1, 0.15) is 10.8 Å². The number of aliphatic hydroxyl groups is 1. The van der Waals surface area contributed by atoms with Gasteiger partial charge in [-0.3, -0.25) is 9.00 Å². The molecule has 3 unspecified atom stereocenters. The predicted octanol–water partition coefficient (Wildman–Crippen LogP) is 3.24. The molecule has 0 bridgehead atoms. The number of alkyl halides is 3. The molecule has 0 spiro atoms. The Hall–Kier alpha value is -2.45. The standard InChI is InChI=1S/C18H14ClF3N2O4S/c1-16(29(27)28,12-5-3-2-4-6-12)17(26,18(20,21)22)15(25)24-13-8-7-11(10-23)14(19)9-13/h2-9,26H,1H3,(H,24,25)(H,27,28)/p-1. The number of carbonyl (C=O) groups excluding carboxylic acids is 1. The quantitative estimate of drug-likeness (QED) is 0.686. The van der Waals surface area contributed by atoms with E-state index >= 15 is 0 Å². The van der Waals surface area contributed by atoms with E-state index in [-0.39, 0.29) is 16.3 Å². The third-order valence-electron chi connectivity index (χ3n) is 4.43. The average Bonchev–Trinajstić information content (AvgIpc) is 2.66. The molecule has 0 aliphatic rings. The lowest BCUT2D eigenvalue weighted by Gasteiger charge is -2.45. The summed E-state index contributed by atoms with van der Waals surface area (Å²) in [7, 11) is 0. The van der Waals surface area contributed by atoms with Crippen molar-refractivity contribution in [3.05, 3.63) is 64.7 Å². The van der Waals surface area contributed by atoms with Gasteiger partial charge in [0.2, 0.25) is 0 Å². The molecule has 0 fully saturated rings. The highest BCUT2D eigenvalue weighted by Gasteiger charge is 2.70. The zero-order valence-corrected chi connectivity index (χ0v) is 16.2. The normalized spacial score (nSPS) is 16.8. The van der Waals surface area contributed by atoms with Gasteiger partial charge >= 0.3 is 6.18 Å². The first-order chi connectivity index (χ1) is 13.4. The van der Waals surface area contributed by atoms with E-state index in [9.17, 15) is 31.8 Å². The highest BCUT2D eigenvalue weighted by Crippen LogP contribution is 2.48. The first kappa shape index (κ1) is 22.8. The molecule has 6 nitrogen and oxygen atoms in total. The highest BCUT2D eigenvalue weighted by molar-refractivity contribution is 7.80. The largest absolute Gasteiger partial charge is 0.772 e. The molecule has 0 saturated carbocycles. The molecule has 0 aliphatic carbocycles. The fourth-order valence-electron chi connectivity index (χ4n) is 2.70. The van der Waals surface area contributed by atoms with Crippen molar-refractivity contribution in [1.29, 1.82) is 5.26 Å². The third kappa shape index (κ3) is 3.86. The van der Waals surface area contributed by atoms with Crippen molar-refractivity contribution >= 4 is 34.3 Å². The maximum absolute atomic E-state index is 13.9. The number of nitriles is 1. The van der Waals surface area contributed by atoms with Gasteiger partial charge in [-0.2, -0.15) is 18.4 Å². The van der Waals surface area contributed by atoms with Gasteiger partial charge in [-0.1, -0.05) is 41.9 Å². The molecule has 0 saturated heterocycles. The van der Waals surface area contributed by atoms with Crippen LogP contribution in [-0.4, -0.2) is 31.6 Å². The lowest BCUT2D eigenvalue weighted by atomic mass is 9.80. The Balaban J connectivity index is 2.62. The summed E-state index contributed by atoms with van der Waals surface area (Å²) in [6, 6.07) is 11.1. The maximum atomic E-state index is 13.9. The maximum Gasteiger partial charge on any atom is 0.428 e. The van der Waals surface area contributed by atoms with E-state index in [4.69, 9.17) is 16.9 Å². The molecule has 0 radical (unpaired) electrons. The van der Waals surface area contributed by atoms with E-state index < -0.39 is 39.1 Å². The van der Waals surface area contributed by atoms with Gasteiger partial charge in [0, 0.05) is 5.69 Å². The number of amides is 1. The number of nitrogens with one attached hydrogen (secondary N) is 1. The van der Waals surface area contributed by atoms with Crippen molar-refractivity contribution in [2.24, 2.45) is 0 Å². The molecule has 154 valence electrons. The second kappa shape index (κ2) is 8.12. The Morgan fingerprint density at radius 2 is 1.83 bits per heavy atom. The van der Waals surface area contributed by atoms with Crippen molar-refractivity contribution in [2.75, 3.05) is 5.32 Å². The van der Waals surface area contributed by atoms with Crippen LogP contribution in [-0.2, 0) is 20.6 Å². The molecule has 0 aromatic heterocycles. The van der Waals surface area contributed by atoms with Crippen molar-refractivity contribution in [3.8, 4) is 6.07 Å². The van der Waals surface area contributed by atoms with Gasteiger partial charge in [-0.05, 0) is 41.8 Å². The summed E-state index contributed by atoms with van der Waals surface area (Å²) in [5.74, 6) is -2.03. The zero-order chi connectivity index (χ0) is 22.0. The molecule has 2 aromatic carbocycles. The molecule has 29 heavy (non-hydrogen) atoms. The van der Waals surface area contributed by atoms with Gasteiger partial charge in [0.15, 0.2) is 0 Å². The van der Waals surface area contributed by atoms with E-state index in [1.165, 1.54) is 18.2 Å². The van der Waals surface area contributed by atoms with Crippen LogP contribution in [0.5, 0.6) is 0 Å². The molecular formula is C18H13ClF3N2O4S-. The number of anilines is 1. The fraction of sp³-hybridized carbons (Fsp3) is 0.222. The molecule has 1 amide bonds. The van der Waals surface area contributed by atoms with Crippen LogP contribution in [0.2, 0.25) is 5.02 Å². The summed E-state index contributed by atoms with van der Waals surface area (Å²) in [6.45, 7) is 0.601. The monoisotopic (exact) mass is 445 g/mol. The van der Waals surface area contributed by atoms with E-state index in [1.54, 1.807) is 6.07 Å². The Kier molecular flexibility index (Phi) is 6.39. The number of nitrogens with zero attached hydrogens (tertiary/aromatic N) is 1. The Labute approximate surface area is 171 Å². The van der Waals surface area contributed by atoms with E-state index in [0.29, 0.717) is 6.92 Å². The molecule has 0 heterocycles. The Bertz CT molecular complexity index is 997. The van der Waals surface area contributed by atoms with Crippen LogP contribution in [0.25, 0.3) is 0 Å². The number of halogens is 4. The summed E-state index contributed by atoms with van der Waals surface area (Å²) in [4.78, 5) is 12.6. The number of benzene rings is 2. The Morgan fingerprint density at radius 3 is 2.28 bits per heavy atom. The molecule has 0 aliphatic heterocycles. The van der Waals surface area contributed by atoms with Crippen LogP contribution in [0.15, 0.2) is 48.5 Å². The lowest BCUT2D eigenvalue weighted by molar-refractivity contribution is -0.260. The zero-order valence-electron chi connectivity index (χ0n) is 14.7. The molecule has 3 atom stereocenters. The SMILES string of the molecule is CC(c1ccccc1)(S(=O)[O-])C(O)(C(=O)Nc1ccc(C#N)c(Cl)c1)C(F)(F)F. The van der Waals surface area contributed by atoms with E-state index in [2.05, 4.69) is 0 Å². The van der Waals surface area contributed by atoms with Gasteiger partial charge in [-0.25, -0.2) is 0 Å². The van der Waals surface area contributed by atoms with Crippen molar-refractivity contribution in [3.63, 3.8) is 0 Å². The average molecular weight is 446 g/mol. The highest BCUT2D eigenvalue weighted by atomic mass is 35.5. The summed E-state index contributed by atoms with van der Waals surface area (Å²) in [5, 5.41) is 21.1.